The van der Waals surface area contributed by atoms with Gasteiger partial charge in [0.2, 0.25) is 0 Å². The normalized spacial score (nSPS) is 11.9. The van der Waals surface area contributed by atoms with E-state index in [4.69, 9.17) is 11.5 Å². The summed E-state index contributed by atoms with van der Waals surface area (Å²) in [6.07, 6.45) is 3.39. The van der Waals surface area contributed by atoms with Gasteiger partial charge in [-0.3, -0.25) is 4.79 Å². The molecule has 1 aromatic heterocycles. The molecular weight excluding hydrogens is 264 g/mol. The zero-order valence-electron chi connectivity index (χ0n) is 12.0. The smallest absolute Gasteiger partial charge is 0.250 e. The van der Waals surface area contributed by atoms with Crippen molar-refractivity contribution in [3.8, 4) is 0 Å². The van der Waals surface area contributed by atoms with E-state index in [0.29, 0.717) is 17.1 Å². The Morgan fingerprint density at radius 2 is 2.05 bits per heavy atom. The molecular formula is C16H20N4O. The van der Waals surface area contributed by atoms with Crippen molar-refractivity contribution in [2.45, 2.75) is 25.8 Å². The van der Waals surface area contributed by atoms with Crippen LogP contribution in [0, 0.1) is 0 Å². The van der Waals surface area contributed by atoms with Crippen molar-refractivity contribution >= 4 is 17.4 Å². The van der Waals surface area contributed by atoms with E-state index in [0.717, 1.165) is 12.8 Å². The lowest BCUT2D eigenvalue weighted by molar-refractivity contribution is 0.100. The molecule has 5 N–H and O–H groups in total. The minimum atomic E-state index is -0.546. The number of pyridine rings is 1. The highest BCUT2D eigenvalue weighted by Gasteiger charge is 2.09. The Balaban J connectivity index is 1.95. The standard InChI is InChI=1S/C16H20N4O/c1-11(7-8-12-5-3-2-4-6-12)20-15-9-13(16(18)21)14(17)10-19-15/h2-6,9-11H,7-8,17H2,1H3,(H2,18,21)(H,19,20). The quantitative estimate of drug-likeness (QED) is 0.758. The van der Waals surface area contributed by atoms with Gasteiger partial charge in [0.15, 0.2) is 0 Å². The summed E-state index contributed by atoms with van der Waals surface area (Å²) < 4.78 is 0. The minimum Gasteiger partial charge on any atom is -0.397 e. The number of aromatic nitrogens is 1. The number of nitrogens with one attached hydrogen (secondary N) is 1. The van der Waals surface area contributed by atoms with Gasteiger partial charge in [-0.25, -0.2) is 4.98 Å². The number of nitrogens with two attached hydrogens (primary N) is 2. The van der Waals surface area contributed by atoms with Crippen LogP contribution in [0.3, 0.4) is 0 Å². The van der Waals surface area contributed by atoms with Crippen LogP contribution in [0.25, 0.3) is 0 Å². The van der Waals surface area contributed by atoms with E-state index < -0.39 is 5.91 Å². The lowest BCUT2D eigenvalue weighted by Gasteiger charge is -2.15. The van der Waals surface area contributed by atoms with E-state index in [1.807, 2.05) is 18.2 Å². The highest BCUT2D eigenvalue weighted by atomic mass is 16.1. The fraction of sp³-hybridized carbons (Fsp3) is 0.250. The van der Waals surface area contributed by atoms with Crippen molar-refractivity contribution in [1.82, 2.24) is 4.98 Å². The molecule has 1 aromatic carbocycles. The zero-order valence-corrected chi connectivity index (χ0v) is 12.0. The van der Waals surface area contributed by atoms with Crippen LogP contribution >= 0.6 is 0 Å². The van der Waals surface area contributed by atoms with Gasteiger partial charge in [0, 0.05) is 6.04 Å². The third kappa shape index (κ3) is 4.21. The molecule has 0 radical (unpaired) electrons. The average molecular weight is 284 g/mol. The van der Waals surface area contributed by atoms with E-state index in [1.54, 1.807) is 6.07 Å². The molecule has 5 nitrogen and oxygen atoms in total. The highest BCUT2D eigenvalue weighted by Crippen LogP contribution is 2.16. The van der Waals surface area contributed by atoms with Gasteiger partial charge < -0.3 is 16.8 Å². The predicted molar refractivity (Wildman–Crippen MR) is 85.0 cm³/mol. The van der Waals surface area contributed by atoms with Crippen LogP contribution in [0.1, 0.15) is 29.3 Å². The number of primary amides is 1. The van der Waals surface area contributed by atoms with Crippen LogP contribution in [0.2, 0.25) is 0 Å². The Morgan fingerprint density at radius 3 is 2.71 bits per heavy atom. The van der Waals surface area contributed by atoms with Gasteiger partial charge in [0.1, 0.15) is 5.82 Å². The summed E-state index contributed by atoms with van der Waals surface area (Å²) >= 11 is 0. The summed E-state index contributed by atoms with van der Waals surface area (Å²) in [4.78, 5) is 15.4. The molecule has 0 aliphatic rings. The van der Waals surface area contributed by atoms with Crippen molar-refractivity contribution < 1.29 is 4.79 Å². The number of rotatable bonds is 6. The van der Waals surface area contributed by atoms with Crippen molar-refractivity contribution in [3.05, 3.63) is 53.7 Å². The summed E-state index contributed by atoms with van der Waals surface area (Å²) in [6.45, 7) is 2.07. The third-order valence-corrected chi connectivity index (χ3v) is 3.30. The van der Waals surface area contributed by atoms with Gasteiger partial charge in [-0.15, -0.1) is 0 Å². The second-order valence-corrected chi connectivity index (χ2v) is 5.09. The Bertz CT molecular complexity index is 613. The molecule has 1 atom stereocenters. The second kappa shape index (κ2) is 6.74. The van der Waals surface area contributed by atoms with Crippen LogP contribution in [0.4, 0.5) is 11.5 Å². The summed E-state index contributed by atoms with van der Waals surface area (Å²) in [7, 11) is 0. The number of carbonyl (C=O) groups excluding carboxylic acids is 1. The number of aryl methyl sites for hydroxylation is 1. The number of nitrogens with zero attached hydrogens (tertiary/aromatic N) is 1. The molecule has 0 aliphatic carbocycles. The Labute approximate surface area is 124 Å². The molecule has 0 aliphatic heterocycles. The summed E-state index contributed by atoms with van der Waals surface area (Å²) in [6, 6.07) is 12.1. The first-order valence-corrected chi connectivity index (χ1v) is 6.92. The first-order valence-electron chi connectivity index (χ1n) is 6.92. The fourth-order valence-electron chi connectivity index (χ4n) is 2.11. The highest BCUT2D eigenvalue weighted by molar-refractivity contribution is 5.98. The first-order chi connectivity index (χ1) is 10.1. The molecule has 21 heavy (non-hydrogen) atoms. The van der Waals surface area contributed by atoms with Crippen molar-refractivity contribution in [1.29, 1.82) is 0 Å². The van der Waals surface area contributed by atoms with Crippen LogP contribution < -0.4 is 16.8 Å². The van der Waals surface area contributed by atoms with E-state index in [1.165, 1.54) is 11.8 Å². The van der Waals surface area contributed by atoms with Crippen LogP contribution in [-0.2, 0) is 6.42 Å². The number of carbonyl (C=O) groups is 1. The van der Waals surface area contributed by atoms with Crippen LogP contribution in [0.15, 0.2) is 42.6 Å². The fourth-order valence-corrected chi connectivity index (χ4v) is 2.11. The number of amides is 1. The summed E-state index contributed by atoms with van der Waals surface area (Å²) in [5.74, 6) is 0.0634. The molecule has 0 bridgehead atoms. The number of hydrogen-bond acceptors (Lipinski definition) is 4. The molecule has 2 aromatic rings. The van der Waals surface area contributed by atoms with Gasteiger partial charge in [0.25, 0.3) is 5.91 Å². The maximum absolute atomic E-state index is 11.3. The van der Waals surface area contributed by atoms with Gasteiger partial charge in [0.05, 0.1) is 17.4 Å². The minimum absolute atomic E-state index is 0.224. The van der Waals surface area contributed by atoms with E-state index in [-0.39, 0.29) is 6.04 Å². The van der Waals surface area contributed by atoms with Crippen LogP contribution in [-0.4, -0.2) is 16.9 Å². The Morgan fingerprint density at radius 1 is 1.33 bits per heavy atom. The number of nitrogen functional groups attached to an aromatic ring is 1. The maximum atomic E-state index is 11.3. The molecule has 0 saturated carbocycles. The molecule has 110 valence electrons. The molecule has 5 heteroatoms. The lowest BCUT2D eigenvalue weighted by atomic mass is 10.1. The first kappa shape index (κ1) is 14.8. The van der Waals surface area contributed by atoms with E-state index in [2.05, 4.69) is 29.4 Å². The van der Waals surface area contributed by atoms with Crippen molar-refractivity contribution in [3.63, 3.8) is 0 Å². The number of anilines is 2. The van der Waals surface area contributed by atoms with Crippen molar-refractivity contribution in [2.75, 3.05) is 11.1 Å². The maximum Gasteiger partial charge on any atom is 0.250 e. The van der Waals surface area contributed by atoms with Gasteiger partial charge in [-0.2, -0.15) is 0 Å². The predicted octanol–water partition coefficient (Wildman–Crippen LogP) is 2.20. The Hall–Kier alpha value is -2.56. The lowest BCUT2D eigenvalue weighted by Crippen LogP contribution is -2.19. The average Bonchev–Trinajstić information content (AvgIpc) is 2.48. The largest absolute Gasteiger partial charge is 0.397 e. The molecule has 1 unspecified atom stereocenters. The number of benzene rings is 1. The zero-order chi connectivity index (χ0) is 15.2. The SMILES string of the molecule is CC(CCc1ccccc1)Nc1cc(C(N)=O)c(N)cn1. The summed E-state index contributed by atoms with van der Waals surface area (Å²) in [5.41, 5.74) is 12.8. The van der Waals surface area contributed by atoms with Gasteiger partial charge >= 0.3 is 0 Å². The molecule has 0 spiro atoms. The second-order valence-electron chi connectivity index (χ2n) is 5.09. The molecule has 1 amide bonds. The van der Waals surface area contributed by atoms with Crippen molar-refractivity contribution in [2.24, 2.45) is 5.73 Å². The summed E-state index contributed by atoms with van der Waals surface area (Å²) in [5, 5.41) is 3.26. The van der Waals surface area contributed by atoms with Gasteiger partial charge in [-0.1, -0.05) is 30.3 Å². The molecule has 1 heterocycles. The third-order valence-electron chi connectivity index (χ3n) is 3.30. The Kier molecular flexibility index (Phi) is 4.77. The molecule has 0 fully saturated rings. The van der Waals surface area contributed by atoms with Crippen LogP contribution in [0.5, 0.6) is 0 Å². The molecule has 0 saturated heterocycles. The number of hydrogen-bond donors (Lipinski definition) is 3. The molecule has 2 rings (SSSR count). The van der Waals surface area contributed by atoms with E-state index in [9.17, 15) is 4.79 Å². The van der Waals surface area contributed by atoms with E-state index >= 15 is 0 Å². The topological polar surface area (TPSA) is 94.0 Å². The van der Waals surface area contributed by atoms with Gasteiger partial charge in [-0.05, 0) is 31.4 Å². The monoisotopic (exact) mass is 284 g/mol.